The number of hydrogen-bond donors (Lipinski definition) is 0. The molecule has 1 aliphatic rings. The largest absolute Gasteiger partial charge is 0.493 e. The predicted molar refractivity (Wildman–Crippen MR) is 118 cm³/mol. The lowest BCUT2D eigenvalue weighted by Crippen LogP contribution is -2.19. The van der Waals surface area contributed by atoms with Crippen LogP contribution in [-0.2, 0) is 22.7 Å². The lowest BCUT2D eigenvalue weighted by Gasteiger charge is -2.28. The Hall–Kier alpha value is -3.42. The molecule has 39 heavy (non-hydrogen) atoms. The van der Waals surface area contributed by atoms with E-state index in [1.54, 1.807) is 0 Å². The molecule has 4 rings (SSSR count). The van der Waals surface area contributed by atoms with Gasteiger partial charge in [-0.1, -0.05) is 12.1 Å². The molecule has 0 fully saturated rings. The second-order valence-corrected chi connectivity index (χ2v) is 10.1. The molecule has 1 atom stereocenters. The summed E-state index contributed by atoms with van der Waals surface area (Å²) in [6.07, 6.45) is -4.38. The van der Waals surface area contributed by atoms with Crippen molar-refractivity contribution in [2.75, 3.05) is 13.3 Å². The summed E-state index contributed by atoms with van der Waals surface area (Å²) in [5.74, 6) is -15.0. The van der Waals surface area contributed by atoms with Gasteiger partial charge >= 0.3 is 16.3 Å². The number of hydrogen-bond acceptors (Lipinski definition) is 4. The van der Waals surface area contributed by atoms with Gasteiger partial charge < -0.3 is 8.92 Å². The molecule has 0 aromatic heterocycles. The van der Waals surface area contributed by atoms with E-state index in [9.17, 15) is 47.9 Å². The van der Waals surface area contributed by atoms with Gasteiger partial charge in [0.1, 0.15) is 10.6 Å². The van der Waals surface area contributed by atoms with Crippen molar-refractivity contribution in [2.45, 2.75) is 36.3 Å². The quantitative estimate of drug-likeness (QED) is 0.130. The van der Waals surface area contributed by atoms with Crippen LogP contribution >= 0.6 is 0 Å². The predicted octanol–water partition coefficient (Wildman–Crippen LogP) is 6.99. The third-order valence-electron chi connectivity index (χ3n) is 6.10. The van der Waals surface area contributed by atoms with E-state index in [2.05, 4.69) is 4.18 Å². The maximum Gasteiger partial charge on any atom is 0.416 e. The van der Waals surface area contributed by atoms with Crippen molar-refractivity contribution in [1.82, 2.24) is 0 Å². The van der Waals surface area contributed by atoms with Gasteiger partial charge in [-0.15, -0.1) is 0 Å². The van der Waals surface area contributed by atoms with Crippen molar-refractivity contribution in [3.05, 3.63) is 87.7 Å². The third-order valence-corrected chi connectivity index (χ3v) is 7.32. The van der Waals surface area contributed by atoms with Gasteiger partial charge in [0.15, 0.2) is 0 Å². The lowest BCUT2D eigenvalue weighted by atomic mass is 9.82. The SMILES string of the molecule is O=S(=O)(Oc1c(F)c(F)c(F)c(F)c1F)c1ccc2c(c1)OCC[C@H]2c1ccc(C(F)(F)F)cc1CCCF. The van der Waals surface area contributed by atoms with Crippen molar-refractivity contribution < 1.29 is 56.9 Å². The van der Waals surface area contributed by atoms with Crippen LogP contribution in [0.15, 0.2) is 41.3 Å². The fourth-order valence-corrected chi connectivity index (χ4v) is 5.21. The summed E-state index contributed by atoms with van der Waals surface area (Å²) in [5, 5.41) is 0. The topological polar surface area (TPSA) is 52.6 Å². The average Bonchev–Trinajstić information content (AvgIpc) is 2.90. The van der Waals surface area contributed by atoms with E-state index in [0.29, 0.717) is 11.1 Å². The summed E-state index contributed by atoms with van der Waals surface area (Å²) in [5.41, 5.74) is 0.109. The van der Waals surface area contributed by atoms with Gasteiger partial charge in [0, 0.05) is 17.5 Å². The summed E-state index contributed by atoms with van der Waals surface area (Å²) in [6, 6.07) is 6.11. The average molecular weight is 584 g/mol. The van der Waals surface area contributed by atoms with Crippen LogP contribution in [-0.4, -0.2) is 21.7 Å². The molecule has 0 bridgehead atoms. The summed E-state index contributed by atoms with van der Waals surface area (Å²) in [6.45, 7) is -0.770. The first-order chi connectivity index (χ1) is 18.3. The normalized spacial score (nSPS) is 15.6. The van der Waals surface area contributed by atoms with Gasteiger partial charge in [-0.3, -0.25) is 4.39 Å². The Bertz CT molecular complexity index is 1490. The second-order valence-electron chi connectivity index (χ2n) is 8.53. The number of benzene rings is 3. The van der Waals surface area contributed by atoms with E-state index in [0.717, 1.165) is 24.3 Å². The number of fused-ring (bicyclic) bond motifs is 1. The summed E-state index contributed by atoms with van der Waals surface area (Å²) < 4.78 is 156. The van der Waals surface area contributed by atoms with Crippen molar-refractivity contribution in [3.8, 4) is 11.5 Å². The zero-order chi connectivity index (χ0) is 28.7. The lowest BCUT2D eigenvalue weighted by molar-refractivity contribution is -0.137. The molecule has 1 aliphatic heterocycles. The van der Waals surface area contributed by atoms with Crippen molar-refractivity contribution in [2.24, 2.45) is 0 Å². The number of rotatable bonds is 7. The fourth-order valence-electron chi connectivity index (χ4n) is 4.26. The third kappa shape index (κ3) is 5.52. The van der Waals surface area contributed by atoms with Crippen molar-refractivity contribution in [1.29, 1.82) is 0 Å². The second kappa shape index (κ2) is 10.6. The smallest absolute Gasteiger partial charge is 0.416 e. The maximum atomic E-state index is 14.0. The molecule has 0 amide bonds. The van der Waals surface area contributed by atoms with Crippen LogP contribution in [0.4, 0.5) is 39.5 Å². The Kier molecular flexibility index (Phi) is 7.79. The minimum Gasteiger partial charge on any atom is -0.493 e. The molecule has 0 aliphatic carbocycles. The minimum absolute atomic E-state index is 0.00463. The number of ether oxygens (including phenoxy) is 1. The molecule has 0 saturated heterocycles. The number of halogens is 9. The van der Waals surface area contributed by atoms with E-state index < -0.39 is 74.2 Å². The molecular weight excluding hydrogens is 567 g/mol. The molecule has 1 heterocycles. The molecule has 3 aromatic carbocycles. The van der Waals surface area contributed by atoms with E-state index in [-0.39, 0.29) is 37.2 Å². The molecular formula is C25H17F9O4S. The van der Waals surface area contributed by atoms with Crippen LogP contribution in [0.5, 0.6) is 11.5 Å². The van der Waals surface area contributed by atoms with E-state index >= 15 is 0 Å². The highest BCUT2D eigenvalue weighted by Gasteiger charge is 2.34. The first-order valence-electron chi connectivity index (χ1n) is 11.2. The van der Waals surface area contributed by atoms with Gasteiger partial charge in [0.25, 0.3) is 0 Å². The molecule has 0 unspecified atom stereocenters. The summed E-state index contributed by atoms with van der Waals surface area (Å²) in [7, 11) is -5.14. The van der Waals surface area contributed by atoms with E-state index in [1.807, 2.05) is 0 Å². The van der Waals surface area contributed by atoms with E-state index in [1.165, 1.54) is 12.1 Å². The highest BCUT2D eigenvalue weighted by molar-refractivity contribution is 7.87. The van der Waals surface area contributed by atoms with Crippen molar-refractivity contribution >= 4 is 10.1 Å². The maximum absolute atomic E-state index is 14.0. The Balaban J connectivity index is 1.72. The van der Waals surface area contributed by atoms with Crippen LogP contribution in [0.3, 0.4) is 0 Å². The zero-order valence-electron chi connectivity index (χ0n) is 19.5. The number of alkyl halides is 4. The van der Waals surface area contributed by atoms with E-state index in [4.69, 9.17) is 4.74 Å². The Labute approximate surface area is 216 Å². The fraction of sp³-hybridized carbons (Fsp3) is 0.280. The Morgan fingerprint density at radius 3 is 2.10 bits per heavy atom. The molecule has 4 nitrogen and oxygen atoms in total. The molecule has 14 heteroatoms. The van der Waals surface area contributed by atoms with Crippen LogP contribution < -0.4 is 8.92 Å². The molecule has 210 valence electrons. The highest BCUT2D eigenvalue weighted by Crippen LogP contribution is 2.42. The first kappa shape index (κ1) is 28.6. The molecule has 0 radical (unpaired) electrons. The number of aryl methyl sites for hydroxylation is 1. The summed E-state index contributed by atoms with van der Waals surface area (Å²) in [4.78, 5) is -0.754. The van der Waals surface area contributed by atoms with Gasteiger partial charge in [-0.2, -0.15) is 30.4 Å². The van der Waals surface area contributed by atoms with Crippen LogP contribution in [0.1, 0.15) is 41.0 Å². The highest BCUT2D eigenvalue weighted by atomic mass is 32.2. The van der Waals surface area contributed by atoms with Gasteiger partial charge in [-0.25, -0.2) is 13.2 Å². The molecule has 3 aromatic rings. The van der Waals surface area contributed by atoms with Gasteiger partial charge in [-0.05, 0) is 48.6 Å². The monoisotopic (exact) mass is 584 g/mol. The van der Waals surface area contributed by atoms with Crippen molar-refractivity contribution in [3.63, 3.8) is 0 Å². The zero-order valence-corrected chi connectivity index (χ0v) is 20.3. The van der Waals surface area contributed by atoms with Crippen LogP contribution in [0.2, 0.25) is 0 Å². The summed E-state index contributed by atoms with van der Waals surface area (Å²) >= 11 is 0. The first-order valence-corrected chi connectivity index (χ1v) is 12.7. The van der Waals surface area contributed by atoms with Crippen LogP contribution in [0.25, 0.3) is 0 Å². The minimum atomic E-state index is -5.14. The Morgan fingerprint density at radius 1 is 0.872 bits per heavy atom. The van der Waals surface area contributed by atoms with Crippen LogP contribution in [0, 0.1) is 29.1 Å². The Morgan fingerprint density at radius 2 is 1.49 bits per heavy atom. The molecule has 0 spiro atoms. The standard InChI is InChI=1S/C25H17F9O4S/c26-8-1-2-12-10-13(25(32,33)34)3-5-15(12)16-7-9-37-18-11-14(4-6-17(16)18)39(35,36)38-24-22(30)20(28)19(27)21(29)23(24)31/h3-6,10-11,16H,1-2,7-9H2/t16-/m0/s1. The van der Waals surface area contributed by atoms with Gasteiger partial charge in [0.2, 0.25) is 34.8 Å². The molecule has 0 saturated carbocycles. The van der Waals surface area contributed by atoms with Gasteiger partial charge in [0.05, 0.1) is 18.8 Å². The molecule has 0 N–H and O–H groups in total.